The molecule has 0 N–H and O–H groups in total. The second-order valence-electron chi connectivity index (χ2n) is 3.33. The Bertz CT molecular complexity index is 89.8. The average molecular weight is 210 g/mol. The molecule has 12 heavy (non-hydrogen) atoms. The van der Waals surface area contributed by atoms with E-state index in [1.807, 2.05) is 0 Å². The topological polar surface area (TPSA) is 0 Å². The van der Waals surface area contributed by atoms with Gasteiger partial charge in [0.25, 0.3) is 0 Å². The van der Waals surface area contributed by atoms with E-state index in [-0.39, 0.29) is 0 Å². The van der Waals surface area contributed by atoms with E-state index in [2.05, 4.69) is 13.8 Å². The SMILES string of the molecule is [CH2]CCC(CCl)CC(CC)CCl. The molecule has 73 valence electrons. The van der Waals surface area contributed by atoms with Crippen molar-refractivity contribution in [1.82, 2.24) is 0 Å². The van der Waals surface area contributed by atoms with E-state index in [1.165, 1.54) is 6.42 Å². The van der Waals surface area contributed by atoms with Gasteiger partial charge in [-0.15, -0.1) is 23.2 Å². The van der Waals surface area contributed by atoms with Crippen molar-refractivity contribution in [1.29, 1.82) is 0 Å². The molecule has 0 rings (SSSR count). The molecule has 0 amide bonds. The fourth-order valence-corrected chi connectivity index (χ4v) is 1.98. The highest BCUT2D eigenvalue weighted by Crippen LogP contribution is 2.21. The van der Waals surface area contributed by atoms with Gasteiger partial charge in [-0.05, 0) is 24.7 Å². The maximum atomic E-state index is 5.83. The van der Waals surface area contributed by atoms with E-state index >= 15 is 0 Å². The van der Waals surface area contributed by atoms with Gasteiger partial charge < -0.3 is 0 Å². The van der Waals surface area contributed by atoms with Crippen LogP contribution in [0.25, 0.3) is 0 Å². The lowest BCUT2D eigenvalue weighted by Gasteiger charge is -2.18. The standard InChI is InChI=1S/C10H19Cl2/c1-3-5-10(8-12)6-9(4-2)7-11/h9-10H,1,3-8H2,2H3. The predicted molar refractivity (Wildman–Crippen MR) is 57.9 cm³/mol. The fraction of sp³-hybridized carbons (Fsp3) is 0.900. The first kappa shape index (κ1) is 12.6. The van der Waals surface area contributed by atoms with Crippen molar-refractivity contribution < 1.29 is 0 Å². The summed E-state index contributed by atoms with van der Waals surface area (Å²) in [7, 11) is 0. The smallest absolute Gasteiger partial charge is 0.0251 e. The summed E-state index contributed by atoms with van der Waals surface area (Å²) in [4.78, 5) is 0. The van der Waals surface area contributed by atoms with E-state index in [4.69, 9.17) is 23.2 Å². The van der Waals surface area contributed by atoms with Crippen LogP contribution in [0, 0.1) is 18.8 Å². The summed E-state index contributed by atoms with van der Waals surface area (Å²) in [6.45, 7) is 6.02. The second-order valence-corrected chi connectivity index (χ2v) is 3.94. The van der Waals surface area contributed by atoms with Crippen molar-refractivity contribution in [3.8, 4) is 0 Å². The van der Waals surface area contributed by atoms with Crippen LogP contribution in [0.1, 0.15) is 32.6 Å². The van der Waals surface area contributed by atoms with Crippen molar-refractivity contribution in [2.75, 3.05) is 11.8 Å². The van der Waals surface area contributed by atoms with Crippen LogP contribution in [0.4, 0.5) is 0 Å². The Morgan fingerprint density at radius 3 is 2.08 bits per heavy atom. The molecule has 0 saturated heterocycles. The Hall–Kier alpha value is 0.580. The number of hydrogen-bond acceptors (Lipinski definition) is 0. The van der Waals surface area contributed by atoms with Crippen LogP contribution in [-0.4, -0.2) is 11.8 Å². The molecule has 2 unspecified atom stereocenters. The van der Waals surface area contributed by atoms with Gasteiger partial charge in [-0.1, -0.05) is 26.7 Å². The number of halogens is 2. The molecule has 0 aromatic heterocycles. The minimum Gasteiger partial charge on any atom is -0.126 e. The number of alkyl halides is 2. The van der Waals surface area contributed by atoms with Crippen LogP contribution in [0.15, 0.2) is 0 Å². The summed E-state index contributed by atoms with van der Waals surface area (Å²) in [6.07, 6.45) is 4.44. The normalized spacial score (nSPS) is 16.0. The quantitative estimate of drug-likeness (QED) is 0.554. The molecule has 0 aliphatic rings. The molecule has 0 spiro atoms. The fourth-order valence-electron chi connectivity index (χ4n) is 1.36. The summed E-state index contributed by atoms with van der Waals surface area (Å²) in [5.74, 6) is 2.78. The van der Waals surface area contributed by atoms with Gasteiger partial charge in [-0.2, -0.15) is 0 Å². The van der Waals surface area contributed by atoms with Gasteiger partial charge in [0.05, 0.1) is 0 Å². The molecule has 0 heterocycles. The van der Waals surface area contributed by atoms with Gasteiger partial charge in [-0.25, -0.2) is 0 Å². The molecule has 1 radical (unpaired) electrons. The van der Waals surface area contributed by atoms with Gasteiger partial charge >= 0.3 is 0 Å². The van der Waals surface area contributed by atoms with Crippen LogP contribution in [-0.2, 0) is 0 Å². The van der Waals surface area contributed by atoms with E-state index in [1.54, 1.807) is 0 Å². The van der Waals surface area contributed by atoms with Crippen molar-refractivity contribution in [2.45, 2.75) is 32.6 Å². The molecule has 0 fully saturated rings. The maximum Gasteiger partial charge on any atom is 0.0251 e. The highest BCUT2D eigenvalue weighted by molar-refractivity contribution is 6.18. The van der Waals surface area contributed by atoms with E-state index in [0.29, 0.717) is 11.8 Å². The molecule has 0 aliphatic heterocycles. The Balaban J connectivity index is 3.65. The molecule has 0 aliphatic carbocycles. The lowest BCUT2D eigenvalue weighted by molar-refractivity contribution is 0.395. The van der Waals surface area contributed by atoms with Gasteiger partial charge in [0, 0.05) is 11.8 Å². The summed E-state index contributed by atoms with van der Waals surface area (Å²) in [6, 6.07) is 0. The van der Waals surface area contributed by atoms with Crippen molar-refractivity contribution >= 4 is 23.2 Å². The number of rotatable bonds is 7. The van der Waals surface area contributed by atoms with Crippen LogP contribution < -0.4 is 0 Å². The van der Waals surface area contributed by atoms with E-state index in [9.17, 15) is 0 Å². The predicted octanol–water partition coefficient (Wildman–Crippen LogP) is 4.11. The van der Waals surface area contributed by atoms with E-state index in [0.717, 1.165) is 31.0 Å². The van der Waals surface area contributed by atoms with Crippen LogP contribution in [0.5, 0.6) is 0 Å². The first-order chi connectivity index (χ1) is 5.78. The zero-order chi connectivity index (χ0) is 9.40. The van der Waals surface area contributed by atoms with Gasteiger partial charge in [0.15, 0.2) is 0 Å². The monoisotopic (exact) mass is 209 g/mol. The lowest BCUT2D eigenvalue weighted by atomic mass is 9.92. The number of hydrogen-bond donors (Lipinski definition) is 0. The van der Waals surface area contributed by atoms with Crippen molar-refractivity contribution in [3.63, 3.8) is 0 Å². The van der Waals surface area contributed by atoms with Gasteiger partial charge in [0.1, 0.15) is 0 Å². The Morgan fingerprint density at radius 1 is 1.17 bits per heavy atom. The second kappa shape index (κ2) is 8.19. The highest BCUT2D eigenvalue weighted by Gasteiger charge is 2.12. The molecule has 0 bridgehead atoms. The third-order valence-electron chi connectivity index (χ3n) is 2.29. The van der Waals surface area contributed by atoms with Crippen molar-refractivity contribution in [2.24, 2.45) is 11.8 Å². The van der Waals surface area contributed by atoms with Crippen LogP contribution in [0.2, 0.25) is 0 Å². The third kappa shape index (κ3) is 5.27. The summed E-state index contributed by atoms with van der Waals surface area (Å²) in [5.41, 5.74) is 0. The maximum absolute atomic E-state index is 5.83. The molecule has 0 aromatic rings. The largest absolute Gasteiger partial charge is 0.126 e. The molecular formula is C10H19Cl2. The highest BCUT2D eigenvalue weighted by atomic mass is 35.5. The molecule has 2 heteroatoms. The van der Waals surface area contributed by atoms with Crippen molar-refractivity contribution in [3.05, 3.63) is 6.92 Å². The summed E-state index contributed by atoms with van der Waals surface area (Å²) < 4.78 is 0. The minimum absolute atomic E-state index is 0.618. The summed E-state index contributed by atoms with van der Waals surface area (Å²) in [5, 5.41) is 0. The lowest BCUT2D eigenvalue weighted by Crippen LogP contribution is -2.11. The minimum atomic E-state index is 0.618. The Morgan fingerprint density at radius 2 is 1.75 bits per heavy atom. The Kier molecular flexibility index (Phi) is 8.59. The first-order valence-corrected chi connectivity index (χ1v) is 5.76. The third-order valence-corrected chi connectivity index (χ3v) is 3.17. The summed E-state index contributed by atoms with van der Waals surface area (Å²) >= 11 is 11.6. The van der Waals surface area contributed by atoms with E-state index < -0.39 is 0 Å². The molecule has 2 atom stereocenters. The zero-order valence-corrected chi connectivity index (χ0v) is 9.37. The first-order valence-electron chi connectivity index (χ1n) is 4.69. The van der Waals surface area contributed by atoms with Gasteiger partial charge in [0.2, 0.25) is 0 Å². The zero-order valence-electron chi connectivity index (χ0n) is 7.86. The van der Waals surface area contributed by atoms with Crippen LogP contribution >= 0.6 is 23.2 Å². The molecule has 0 aromatic carbocycles. The Labute approximate surface area is 86.6 Å². The molecular weight excluding hydrogens is 191 g/mol. The molecule has 0 nitrogen and oxygen atoms in total. The van der Waals surface area contributed by atoms with Crippen LogP contribution in [0.3, 0.4) is 0 Å². The molecule has 0 saturated carbocycles. The van der Waals surface area contributed by atoms with Gasteiger partial charge in [-0.3, -0.25) is 0 Å². The average Bonchev–Trinajstić information content (AvgIpc) is 2.12.